The molecule has 136 valence electrons. The third-order valence-electron chi connectivity index (χ3n) is 4.47. The highest BCUT2D eigenvalue weighted by Gasteiger charge is 2.21. The maximum Gasteiger partial charge on any atom is 0.316 e. The number of ether oxygens (including phenoxy) is 1. The molecule has 0 spiro atoms. The number of imidazole rings is 1. The van der Waals surface area contributed by atoms with E-state index in [9.17, 15) is 4.79 Å². The second-order valence-electron chi connectivity index (χ2n) is 6.35. The van der Waals surface area contributed by atoms with Crippen molar-refractivity contribution in [2.75, 3.05) is 0 Å². The van der Waals surface area contributed by atoms with Crippen molar-refractivity contribution in [2.24, 2.45) is 0 Å². The summed E-state index contributed by atoms with van der Waals surface area (Å²) in [6.07, 6.45) is 0.911. The number of benzene rings is 2. The molecule has 0 aliphatic rings. The van der Waals surface area contributed by atoms with Crippen molar-refractivity contribution in [3.05, 3.63) is 71.4 Å². The van der Waals surface area contributed by atoms with Crippen LogP contribution in [0.1, 0.15) is 23.7 Å². The molecule has 0 saturated heterocycles. The Morgan fingerprint density at radius 1 is 1.11 bits per heavy atom. The molecular formula is C21H20N4O2. The quantitative estimate of drug-likeness (QED) is 0.550. The molecule has 4 aromatic rings. The van der Waals surface area contributed by atoms with Crippen molar-refractivity contribution >= 4 is 17.0 Å². The lowest BCUT2D eigenvalue weighted by atomic mass is 10.1. The van der Waals surface area contributed by atoms with E-state index in [1.54, 1.807) is 4.68 Å². The Labute approximate surface area is 156 Å². The van der Waals surface area contributed by atoms with Crippen LogP contribution in [0.4, 0.5) is 0 Å². The summed E-state index contributed by atoms with van der Waals surface area (Å²) in [4.78, 5) is 20.3. The van der Waals surface area contributed by atoms with Gasteiger partial charge in [-0.25, -0.2) is 4.98 Å². The number of para-hydroxylation sites is 2. The van der Waals surface area contributed by atoms with Crippen LogP contribution < -0.4 is 4.74 Å². The summed E-state index contributed by atoms with van der Waals surface area (Å²) in [5.41, 5.74) is 4.37. The molecule has 2 heterocycles. The van der Waals surface area contributed by atoms with Crippen LogP contribution in [-0.2, 0) is 17.6 Å². The van der Waals surface area contributed by atoms with Crippen molar-refractivity contribution < 1.29 is 9.53 Å². The zero-order valence-electron chi connectivity index (χ0n) is 15.3. The number of hydrogen-bond donors (Lipinski definition) is 1. The largest absolute Gasteiger partial charge is 0.407 e. The molecule has 27 heavy (non-hydrogen) atoms. The molecule has 0 unspecified atom stereocenters. The van der Waals surface area contributed by atoms with E-state index in [0.29, 0.717) is 18.2 Å². The van der Waals surface area contributed by atoms with Crippen LogP contribution >= 0.6 is 0 Å². The molecule has 0 atom stereocenters. The number of esters is 1. The molecule has 0 saturated carbocycles. The number of hydrogen-bond acceptors (Lipinski definition) is 4. The van der Waals surface area contributed by atoms with Gasteiger partial charge in [-0.1, -0.05) is 49.4 Å². The molecule has 2 aromatic carbocycles. The Morgan fingerprint density at radius 2 is 1.85 bits per heavy atom. The van der Waals surface area contributed by atoms with Crippen molar-refractivity contribution in [1.29, 1.82) is 0 Å². The normalized spacial score (nSPS) is 11.0. The average Bonchev–Trinajstić information content (AvgIpc) is 3.23. The summed E-state index contributed by atoms with van der Waals surface area (Å²) in [5, 5.41) is 4.55. The zero-order chi connectivity index (χ0) is 18.8. The number of H-pyrrole nitrogens is 1. The number of rotatable bonds is 5. The molecule has 0 bridgehead atoms. The van der Waals surface area contributed by atoms with Crippen LogP contribution in [-0.4, -0.2) is 25.7 Å². The number of nitrogens with one attached hydrogen (secondary N) is 1. The molecule has 0 aliphatic carbocycles. The SMILES string of the molecule is CCc1c(C)nn(-c2nc3ccccc3[nH]2)c1OC(=O)Cc1ccccc1. The third kappa shape index (κ3) is 3.33. The minimum absolute atomic E-state index is 0.203. The van der Waals surface area contributed by atoms with Crippen LogP contribution in [0.15, 0.2) is 54.6 Å². The van der Waals surface area contributed by atoms with Gasteiger partial charge in [0.05, 0.1) is 23.1 Å². The standard InChI is InChI=1S/C21H20N4O2/c1-3-16-14(2)24-25(21-22-17-11-7-8-12-18(17)23-21)20(16)27-19(26)13-15-9-5-4-6-10-15/h4-12H,3,13H2,1-2H3,(H,22,23). The van der Waals surface area contributed by atoms with Gasteiger partial charge in [-0.05, 0) is 31.0 Å². The van der Waals surface area contributed by atoms with E-state index in [0.717, 1.165) is 27.9 Å². The highest BCUT2D eigenvalue weighted by atomic mass is 16.5. The summed E-state index contributed by atoms with van der Waals surface area (Å²) >= 11 is 0. The molecule has 6 heteroatoms. The first kappa shape index (κ1) is 17.0. The summed E-state index contributed by atoms with van der Waals surface area (Å²) in [7, 11) is 0. The van der Waals surface area contributed by atoms with Crippen LogP contribution in [0.2, 0.25) is 0 Å². The van der Waals surface area contributed by atoms with Crippen LogP contribution in [0, 0.1) is 6.92 Å². The molecule has 0 amide bonds. The summed E-state index contributed by atoms with van der Waals surface area (Å²) in [6.45, 7) is 3.92. The monoisotopic (exact) mass is 360 g/mol. The van der Waals surface area contributed by atoms with Gasteiger partial charge in [0.15, 0.2) is 0 Å². The summed E-state index contributed by atoms with van der Waals surface area (Å²) < 4.78 is 7.32. The van der Waals surface area contributed by atoms with Crippen LogP contribution in [0.5, 0.6) is 5.88 Å². The van der Waals surface area contributed by atoms with E-state index in [4.69, 9.17) is 4.74 Å². The number of fused-ring (bicyclic) bond motifs is 1. The minimum Gasteiger partial charge on any atom is -0.407 e. The molecule has 2 aromatic heterocycles. The van der Waals surface area contributed by atoms with Crippen LogP contribution in [0.25, 0.3) is 17.0 Å². The van der Waals surface area contributed by atoms with E-state index < -0.39 is 0 Å². The number of carbonyl (C=O) groups is 1. The molecule has 0 aliphatic heterocycles. The smallest absolute Gasteiger partial charge is 0.316 e. The Kier molecular flexibility index (Phi) is 4.46. The van der Waals surface area contributed by atoms with E-state index in [1.807, 2.05) is 68.4 Å². The highest BCUT2D eigenvalue weighted by Crippen LogP contribution is 2.27. The van der Waals surface area contributed by atoms with E-state index in [2.05, 4.69) is 15.1 Å². The lowest BCUT2D eigenvalue weighted by molar-refractivity contribution is -0.134. The van der Waals surface area contributed by atoms with Crippen molar-refractivity contribution in [2.45, 2.75) is 26.7 Å². The number of aromatic amines is 1. The Morgan fingerprint density at radius 3 is 2.59 bits per heavy atom. The lowest BCUT2D eigenvalue weighted by Gasteiger charge is -2.08. The first-order valence-electron chi connectivity index (χ1n) is 8.94. The molecule has 1 N–H and O–H groups in total. The van der Waals surface area contributed by atoms with Gasteiger partial charge in [0.1, 0.15) is 0 Å². The van der Waals surface area contributed by atoms with Crippen molar-refractivity contribution in [3.63, 3.8) is 0 Å². The fourth-order valence-corrected chi connectivity index (χ4v) is 3.14. The van der Waals surface area contributed by atoms with Gasteiger partial charge < -0.3 is 9.72 Å². The Balaban J connectivity index is 1.70. The van der Waals surface area contributed by atoms with Gasteiger partial charge in [0.2, 0.25) is 11.8 Å². The predicted molar refractivity (Wildman–Crippen MR) is 103 cm³/mol. The van der Waals surface area contributed by atoms with E-state index in [-0.39, 0.29) is 12.4 Å². The highest BCUT2D eigenvalue weighted by molar-refractivity contribution is 5.77. The van der Waals surface area contributed by atoms with Crippen LogP contribution in [0.3, 0.4) is 0 Å². The number of aryl methyl sites for hydroxylation is 1. The van der Waals surface area contributed by atoms with Gasteiger partial charge >= 0.3 is 5.97 Å². The van der Waals surface area contributed by atoms with Crippen molar-refractivity contribution in [1.82, 2.24) is 19.7 Å². The Bertz CT molecular complexity index is 1060. The maximum absolute atomic E-state index is 12.5. The number of nitrogens with zero attached hydrogens (tertiary/aromatic N) is 3. The third-order valence-corrected chi connectivity index (χ3v) is 4.47. The van der Waals surface area contributed by atoms with Crippen molar-refractivity contribution in [3.8, 4) is 11.8 Å². The maximum atomic E-state index is 12.5. The number of aromatic nitrogens is 4. The predicted octanol–water partition coefficient (Wildman–Crippen LogP) is 3.77. The molecule has 0 fully saturated rings. The first-order valence-corrected chi connectivity index (χ1v) is 8.94. The molecule has 6 nitrogen and oxygen atoms in total. The second-order valence-corrected chi connectivity index (χ2v) is 6.35. The minimum atomic E-state index is -0.326. The van der Waals surface area contributed by atoms with Gasteiger partial charge in [-0.3, -0.25) is 4.79 Å². The van der Waals surface area contributed by atoms with E-state index >= 15 is 0 Å². The first-order chi connectivity index (χ1) is 13.2. The van der Waals surface area contributed by atoms with Gasteiger partial charge in [0, 0.05) is 5.56 Å². The average molecular weight is 360 g/mol. The lowest BCUT2D eigenvalue weighted by Crippen LogP contribution is -2.15. The van der Waals surface area contributed by atoms with Gasteiger partial charge in [-0.15, -0.1) is 0 Å². The van der Waals surface area contributed by atoms with E-state index in [1.165, 1.54) is 0 Å². The number of carbonyl (C=O) groups excluding carboxylic acids is 1. The molecular weight excluding hydrogens is 340 g/mol. The topological polar surface area (TPSA) is 72.8 Å². The fraction of sp³-hybridized carbons (Fsp3) is 0.190. The zero-order valence-corrected chi connectivity index (χ0v) is 15.3. The Hall–Kier alpha value is -3.41. The summed E-state index contributed by atoms with van der Waals surface area (Å²) in [6, 6.07) is 17.3. The van der Waals surface area contributed by atoms with Gasteiger partial charge in [-0.2, -0.15) is 9.78 Å². The molecule has 0 radical (unpaired) electrons. The summed E-state index contributed by atoms with van der Waals surface area (Å²) in [5.74, 6) is 0.629. The van der Waals surface area contributed by atoms with Gasteiger partial charge in [0.25, 0.3) is 0 Å². The fourth-order valence-electron chi connectivity index (χ4n) is 3.14. The second kappa shape index (κ2) is 7.07. The molecule has 4 rings (SSSR count).